The molecule has 0 saturated heterocycles. The molecule has 2 atom stereocenters. The fraction of sp³-hybridized carbons (Fsp3) is 0.500. The minimum atomic E-state index is -1.16. The van der Waals surface area contributed by atoms with Crippen molar-refractivity contribution in [3.8, 4) is 18.1 Å². The molecule has 228 valence electrons. The van der Waals surface area contributed by atoms with Crippen LogP contribution >= 0.6 is 0 Å². The van der Waals surface area contributed by atoms with Crippen molar-refractivity contribution in [1.29, 1.82) is 0 Å². The van der Waals surface area contributed by atoms with E-state index in [1.165, 1.54) is 13.0 Å². The number of hydrogen-bond acceptors (Lipinski definition) is 7. The van der Waals surface area contributed by atoms with Crippen molar-refractivity contribution in [2.24, 2.45) is 0 Å². The first kappa shape index (κ1) is 34.1. The maximum atomic E-state index is 14.3. The summed E-state index contributed by atoms with van der Waals surface area (Å²) >= 11 is 0. The van der Waals surface area contributed by atoms with Crippen molar-refractivity contribution in [2.45, 2.75) is 104 Å². The van der Waals surface area contributed by atoms with E-state index in [0.29, 0.717) is 16.3 Å². The number of esters is 2. The number of ether oxygens (including phenoxy) is 3. The first-order valence-corrected chi connectivity index (χ1v) is 13.8. The van der Waals surface area contributed by atoms with Crippen LogP contribution in [0.3, 0.4) is 0 Å². The van der Waals surface area contributed by atoms with Crippen molar-refractivity contribution < 1.29 is 37.8 Å². The van der Waals surface area contributed by atoms with Crippen LogP contribution in [0.2, 0.25) is 0 Å². The van der Waals surface area contributed by atoms with E-state index in [9.17, 15) is 23.6 Å². The van der Waals surface area contributed by atoms with Crippen LogP contribution in [0.4, 0.5) is 9.18 Å². The second-order valence-corrected chi connectivity index (χ2v) is 12.3. The lowest BCUT2D eigenvalue weighted by molar-refractivity contribution is -0.160. The van der Waals surface area contributed by atoms with Crippen LogP contribution < -0.4 is 15.4 Å². The molecule has 2 amide bonds. The van der Waals surface area contributed by atoms with Crippen molar-refractivity contribution in [3.63, 3.8) is 0 Å². The van der Waals surface area contributed by atoms with Crippen molar-refractivity contribution >= 4 is 34.7 Å². The average Bonchev–Trinajstić information content (AvgIpc) is 2.83. The van der Waals surface area contributed by atoms with Crippen molar-refractivity contribution in [2.75, 3.05) is 0 Å². The number of terminal acetylenes is 1. The lowest BCUT2D eigenvalue weighted by atomic mass is 9.92. The third-order valence-corrected chi connectivity index (χ3v) is 5.84. The van der Waals surface area contributed by atoms with E-state index < -0.39 is 53.0 Å². The van der Waals surface area contributed by atoms with Gasteiger partial charge in [0.25, 0.3) is 0 Å². The Bertz CT molecular complexity index is 1380. The number of fused-ring (bicyclic) bond motifs is 1. The SMILES string of the molecule is C#Cc1c(F)ccc2cc(OC(=O)N[C@@H](C)C(=O)N[C@@H](CCC(=O)OC(C)(C)C)C(=O)OC(C)(C)C)cc(C(C)C)c12. The van der Waals surface area contributed by atoms with E-state index in [2.05, 4.69) is 16.6 Å². The van der Waals surface area contributed by atoms with E-state index in [1.807, 2.05) is 13.8 Å². The summed E-state index contributed by atoms with van der Waals surface area (Å²) in [5.41, 5.74) is -0.718. The molecule has 0 spiro atoms. The predicted octanol–water partition coefficient (Wildman–Crippen LogP) is 5.51. The molecule has 0 heterocycles. The summed E-state index contributed by atoms with van der Waals surface area (Å²) in [6.07, 6.45) is 4.42. The van der Waals surface area contributed by atoms with Crippen LogP contribution in [-0.2, 0) is 23.9 Å². The zero-order valence-corrected chi connectivity index (χ0v) is 25.8. The van der Waals surface area contributed by atoms with Gasteiger partial charge in [-0.1, -0.05) is 25.8 Å². The lowest BCUT2D eigenvalue weighted by Crippen LogP contribution is -2.52. The maximum absolute atomic E-state index is 14.3. The number of nitrogens with one attached hydrogen (secondary N) is 2. The van der Waals surface area contributed by atoms with Gasteiger partial charge < -0.3 is 24.8 Å². The quantitative estimate of drug-likeness (QED) is 0.295. The number of carbonyl (C=O) groups is 4. The minimum Gasteiger partial charge on any atom is -0.460 e. The molecule has 0 aliphatic rings. The topological polar surface area (TPSA) is 120 Å². The van der Waals surface area contributed by atoms with E-state index in [4.69, 9.17) is 20.6 Å². The largest absolute Gasteiger partial charge is 0.460 e. The van der Waals surface area contributed by atoms with Crippen molar-refractivity contribution in [1.82, 2.24) is 10.6 Å². The highest BCUT2D eigenvalue weighted by atomic mass is 19.1. The van der Waals surface area contributed by atoms with Gasteiger partial charge >= 0.3 is 18.0 Å². The first-order chi connectivity index (χ1) is 19.3. The molecule has 2 N–H and O–H groups in total. The predicted molar refractivity (Wildman–Crippen MR) is 157 cm³/mol. The van der Waals surface area contributed by atoms with E-state index in [-0.39, 0.29) is 30.1 Å². The summed E-state index contributed by atoms with van der Waals surface area (Å²) in [6, 6.07) is 3.68. The van der Waals surface area contributed by atoms with Crippen LogP contribution in [0.5, 0.6) is 5.75 Å². The number of rotatable bonds is 9. The Kier molecular flexibility index (Phi) is 11.1. The average molecular weight is 585 g/mol. The molecule has 0 unspecified atom stereocenters. The van der Waals surface area contributed by atoms with Gasteiger partial charge in [0.05, 0.1) is 5.56 Å². The molecular formula is C32H41FN2O7. The first-order valence-electron chi connectivity index (χ1n) is 13.8. The van der Waals surface area contributed by atoms with Gasteiger partial charge in [0.2, 0.25) is 5.91 Å². The van der Waals surface area contributed by atoms with E-state index in [1.54, 1.807) is 59.7 Å². The maximum Gasteiger partial charge on any atom is 0.413 e. The van der Waals surface area contributed by atoms with Gasteiger partial charge in [-0.15, -0.1) is 6.42 Å². The molecule has 0 fully saturated rings. The Morgan fingerprint density at radius 3 is 2.12 bits per heavy atom. The lowest BCUT2D eigenvalue weighted by Gasteiger charge is -2.26. The summed E-state index contributed by atoms with van der Waals surface area (Å²) in [5, 5.41) is 6.14. The molecule has 10 heteroatoms. The summed E-state index contributed by atoms with van der Waals surface area (Å²) in [6.45, 7) is 15.4. The zero-order chi connectivity index (χ0) is 32.0. The molecule has 2 aromatic carbocycles. The number of carbonyl (C=O) groups excluding carboxylic acids is 4. The highest BCUT2D eigenvalue weighted by Crippen LogP contribution is 2.33. The summed E-state index contributed by atoms with van der Waals surface area (Å²) in [5.74, 6) is 0.0311. The fourth-order valence-electron chi connectivity index (χ4n) is 4.05. The smallest absolute Gasteiger partial charge is 0.413 e. The molecule has 42 heavy (non-hydrogen) atoms. The second-order valence-electron chi connectivity index (χ2n) is 12.3. The zero-order valence-electron chi connectivity index (χ0n) is 25.8. The summed E-state index contributed by atoms with van der Waals surface area (Å²) in [7, 11) is 0. The molecule has 2 aromatic rings. The van der Waals surface area contributed by atoms with Gasteiger partial charge in [-0.05, 0) is 90.0 Å². The van der Waals surface area contributed by atoms with Gasteiger partial charge in [0.1, 0.15) is 34.9 Å². The van der Waals surface area contributed by atoms with Crippen LogP contribution in [-0.4, -0.2) is 47.2 Å². The molecule has 0 saturated carbocycles. The Morgan fingerprint density at radius 1 is 0.952 bits per heavy atom. The monoisotopic (exact) mass is 584 g/mol. The number of halogens is 1. The third-order valence-electron chi connectivity index (χ3n) is 5.84. The van der Waals surface area contributed by atoms with E-state index >= 15 is 0 Å². The third kappa shape index (κ3) is 10.1. The van der Waals surface area contributed by atoms with Gasteiger partial charge in [-0.2, -0.15) is 0 Å². The molecule has 9 nitrogen and oxygen atoms in total. The van der Waals surface area contributed by atoms with Crippen LogP contribution in [0.25, 0.3) is 10.8 Å². The molecule has 0 aliphatic heterocycles. The van der Waals surface area contributed by atoms with Crippen LogP contribution in [0, 0.1) is 18.2 Å². The summed E-state index contributed by atoms with van der Waals surface area (Å²) < 4.78 is 30.5. The summed E-state index contributed by atoms with van der Waals surface area (Å²) in [4.78, 5) is 50.7. The molecule has 0 aliphatic carbocycles. The molecule has 2 rings (SSSR count). The Hall–Kier alpha value is -4.13. The molecule has 0 bridgehead atoms. The van der Waals surface area contributed by atoms with Gasteiger partial charge in [0, 0.05) is 11.8 Å². The minimum absolute atomic E-state index is 0.0665. The molecular weight excluding hydrogens is 543 g/mol. The number of amides is 2. The van der Waals surface area contributed by atoms with E-state index in [0.717, 1.165) is 0 Å². The Balaban J connectivity index is 2.16. The normalized spacial score (nSPS) is 13.1. The van der Waals surface area contributed by atoms with Crippen LogP contribution in [0.15, 0.2) is 24.3 Å². The number of benzene rings is 2. The second kappa shape index (κ2) is 13.7. The van der Waals surface area contributed by atoms with Crippen LogP contribution in [0.1, 0.15) is 92.2 Å². The number of hydrogen-bond donors (Lipinski definition) is 2. The highest BCUT2D eigenvalue weighted by molar-refractivity contribution is 5.94. The van der Waals surface area contributed by atoms with Gasteiger partial charge in [0.15, 0.2) is 0 Å². The van der Waals surface area contributed by atoms with Gasteiger partial charge in [-0.25, -0.2) is 14.0 Å². The molecule has 0 aromatic heterocycles. The van der Waals surface area contributed by atoms with Gasteiger partial charge in [-0.3, -0.25) is 9.59 Å². The fourth-order valence-corrected chi connectivity index (χ4v) is 4.05. The Morgan fingerprint density at radius 2 is 1.57 bits per heavy atom. The van der Waals surface area contributed by atoms with Crippen molar-refractivity contribution in [3.05, 3.63) is 41.2 Å². The standard InChI is InChI=1S/C32H41FN2O7/c1-11-22-24(33)13-12-20-16-21(17-23(18(2)3)27(20)22)40-30(39)34-19(4)28(37)35-25(29(38)42-32(8,9)10)14-15-26(36)41-31(5,6)7/h1,12-13,16-19,25H,14-15H2,2-10H3,(H,34,39)(H,35,37)/t19-,25-/m0/s1. The molecule has 0 radical (unpaired) electrons. The highest BCUT2D eigenvalue weighted by Gasteiger charge is 2.30. The Labute approximate surface area is 246 Å².